The fourth-order valence-corrected chi connectivity index (χ4v) is 5.58. The summed E-state index contributed by atoms with van der Waals surface area (Å²) in [6.07, 6.45) is -3.81. The van der Waals surface area contributed by atoms with Crippen LogP contribution in [0.3, 0.4) is 0 Å². The van der Waals surface area contributed by atoms with Crippen molar-refractivity contribution in [2.75, 3.05) is 39.4 Å². The van der Waals surface area contributed by atoms with E-state index in [1.54, 1.807) is 6.07 Å². The summed E-state index contributed by atoms with van der Waals surface area (Å²) < 4.78 is 54.4. The number of fused-ring (bicyclic) bond motifs is 1. The molecule has 1 spiro atoms. The molecule has 2 aromatic carbocycles. The number of hydroxylamine groups is 2. The van der Waals surface area contributed by atoms with Gasteiger partial charge in [0.05, 0.1) is 12.1 Å². The predicted octanol–water partition coefficient (Wildman–Crippen LogP) is 3.51. The second kappa shape index (κ2) is 11.4. The molecule has 2 fully saturated rings. The lowest BCUT2D eigenvalue weighted by Crippen LogP contribution is -2.49. The van der Waals surface area contributed by atoms with Gasteiger partial charge in [0.15, 0.2) is 5.60 Å². The average Bonchev–Trinajstić information content (AvgIpc) is 3.48. The number of nitrogens with zero attached hydrogens (tertiary/aromatic N) is 2. The number of phenolic OH excluding ortho intramolecular Hbond substituents is 1. The molecule has 0 saturated carbocycles. The molecule has 0 aliphatic carbocycles. The van der Waals surface area contributed by atoms with E-state index in [9.17, 15) is 33.0 Å². The van der Waals surface area contributed by atoms with Crippen LogP contribution in [-0.2, 0) is 20.8 Å². The molecule has 0 unspecified atom stereocenters. The zero-order chi connectivity index (χ0) is 30.3. The quantitative estimate of drug-likeness (QED) is 0.452. The minimum absolute atomic E-state index is 0.0584. The molecule has 0 bridgehead atoms. The van der Waals surface area contributed by atoms with Crippen LogP contribution in [0.2, 0.25) is 5.02 Å². The van der Waals surface area contributed by atoms with Gasteiger partial charge in [-0.15, -0.1) is 0 Å². The van der Waals surface area contributed by atoms with Crippen molar-refractivity contribution in [2.24, 2.45) is 0 Å². The van der Waals surface area contributed by atoms with Gasteiger partial charge in [-0.05, 0) is 42.8 Å². The third-order valence-electron chi connectivity index (χ3n) is 7.53. The lowest BCUT2D eigenvalue weighted by molar-refractivity contribution is -0.211. The number of rotatable bonds is 7. The fourth-order valence-electron chi connectivity index (χ4n) is 5.39. The molecule has 2 N–H and O–H groups in total. The van der Waals surface area contributed by atoms with Gasteiger partial charge in [-0.25, -0.2) is 9.86 Å². The molecule has 228 valence electrons. The number of halogens is 4. The number of piperidine rings is 1. The van der Waals surface area contributed by atoms with Crippen LogP contribution < -0.4 is 9.47 Å². The number of amides is 1. The number of aliphatic hydroxyl groups excluding tert-OH is 1. The number of phenols is 1. The number of likely N-dealkylation sites (tertiary alicyclic amines) is 1. The summed E-state index contributed by atoms with van der Waals surface area (Å²) in [5.74, 6) is -2.59. The average molecular weight is 615 g/mol. The van der Waals surface area contributed by atoms with E-state index >= 15 is 0 Å². The van der Waals surface area contributed by atoms with Crippen LogP contribution in [0.1, 0.15) is 35.7 Å². The van der Waals surface area contributed by atoms with Crippen LogP contribution in [0.25, 0.3) is 0 Å². The molecule has 0 aromatic heterocycles. The molecule has 2 atom stereocenters. The summed E-state index contributed by atoms with van der Waals surface area (Å²) in [6, 6.07) is 9.30. The smallest absolute Gasteiger partial charge is 0.490 e. The highest BCUT2D eigenvalue weighted by atomic mass is 35.5. The highest BCUT2D eigenvalue weighted by Crippen LogP contribution is 2.42. The SMILES string of the molecule is C[C@]1(OC(=O)C(F)(F)F)CON(C(=O)c2ccc(O)cc2OC[C@H](O)CN2CCC3(CC2)Cc2cc(Cl)ccc2O3)C1. The number of aliphatic hydroxyl groups is 1. The van der Waals surface area contributed by atoms with Crippen molar-refractivity contribution in [1.82, 2.24) is 9.96 Å². The Morgan fingerprint density at radius 1 is 1.17 bits per heavy atom. The number of hydrogen-bond donors (Lipinski definition) is 2. The van der Waals surface area contributed by atoms with E-state index in [0.717, 1.165) is 35.6 Å². The molecule has 0 radical (unpaired) electrons. The number of ether oxygens (including phenoxy) is 3. The van der Waals surface area contributed by atoms with Gasteiger partial charge in [-0.1, -0.05) is 11.6 Å². The maximum absolute atomic E-state index is 13.1. The third-order valence-corrected chi connectivity index (χ3v) is 7.76. The standard InChI is InChI=1S/C28H30ClF3N2O8/c1-26(42-25(38)28(30,31)32)15-34(40-16-26)24(37)21-4-3-19(35)11-23(21)39-14-20(36)13-33-8-6-27(7-9-33)12-17-10-18(29)2-5-22(17)41-27/h2-5,10-11,20,35-36H,6-9,12-16H2,1H3/t20-,26-/m1/s1. The van der Waals surface area contributed by atoms with Crippen molar-refractivity contribution in [2.45, 2.75) is 49.7 Å². The van der Waals surface area contributed by atoms with Gasteiger partial charge in [-0.3, -0.25) is 9.63 Å². The summed E-state index contributed by atoms with van der Waals surface area (Å²) >= 11 is 6.12. The zero-order valence-corrected chi connectivity index (χ0v) is 23.4. The fraction of sp³-hybridized carbons (Fsp3) is 0.500. The highest BCUT2D eigenvalue weighted by molar-refractivity contribution is 6.30. The summed E-state index contributed by atoms with van der Waals surface area (Å²) in [5, 5.41) is 22.1. The van der Waals surface area contributed by atoms with E-state index < -0.39 is 42.9 Å². The van der Waals surface area contributed by atoms with E-state index in [4.69, 9.17) is 25.9 Å². The number of carbonyl (C=O) groups is 2. The van der Waals surface area contributed by atoms with E-state index in [1.165, 1.54) is 25.1 Å². The van der Waals surface area contributed by atoms with Crippen molar-refractivity contribution in [1.29, 1.82) is 0 Å². The van der Waals surface area contributed by atoms with Gasteiger partial charge in [0.25, 0.3) is 5.91 Å². The Morgan fingerprint density at radius 2 is 1.90 bits per heavy atom. The second-order valence-corrected chi connectivity index (χ2v) is 11.5. The Bertz CT molecular complexity index is 1350. The topological polar surface area (TPSA) is 118 Å². The van der Waals surface area contributed by atoms with Crippen LogP contribution in [0.15, 0.2) is 36.4 Å². The van der Waals surface area contributed by atoms with Gasteiger partial charge in [0.2, 0.25) is 0 Å². The first kappa shape index (κ1) is 30.2. The number of alkyl halides is 3. The molecule has 3 heterocycles. The molecule has 3 aliphatic heterocycles. The number of β-amino-alcohol motifs (C(OH)–C–C–N with tert-alkyl or cyclic N) is 1. The largest absolute Gasteiger partial charge is 0.508 e. The second-order valence-electron chi connectivity index (χ2n) is 11.1. The Hall–Kier alpha value is -3.26. The van der Waals surface area contributed by atoms with Gasteiger partial charge in [-0.2, -0.15) is 13.2 Å². The van der Waals surface area contributed by atoms with Crippen LogP contribution >= 0.6 is 11.6 Å². The lowest BCUT2D eigenvalue weighted by atomic mass is 9.87. The minimum Gasteiger partial charge on any atom is -0.508 e. The lowest BCUT2D eigenvalue weighted by Gasteiger charge is -2.39. The van der Waals surface area contributed by atoms with Crippen LogP contribution in [0.4, 0.5) is 13.2 Å². The van der Waals surface area contributed by atoms with Gasteiger partial charge < -0.3 is 29.3 Å². The zero-order valence-electron chi connectivity index (χ0n) is 22.7. The van der Waals surface area contributed by atoms with Crippen LogP contribution in [0, 0.1) is 0 Å². The van der Waals surface area contributed by atoms with E-state index in [2.05, 4.69) is 9.64 Å². The Balaban J connectivity index is 1.14. The maximum Gasteiger partial charge on any atom is 0.490 e. The molecule has 2 saturated heterocycles. The van der Waals surface area contributed by atoms with Crippen molar-refractivity contribution >= 4 is 23.5 Å². The van der Waals surface area contributed by atoms with Gasteiger partial charge >= 0.3 is 12.1 Å². The number of aromatic hydroxyl groups is 1. The molecule has 42 heavy (non-hydrogen) atoms. The van der Waals surface area contributed by atoms with E-state index in [1.807, 2.05) is 12.1 Å². The molecular formula is C28H30ClF3N2O8. The Labute approximate surface area is 244 Å². The number of hydrogen-bond acceptors (Lipinski definition) is 9. The van der Waals surface area contributed by atoms with Gasteiger partial charge in [0.1, 0.15) is 42.2 Å². The van der Waals surface area contributed by atoms with Crippen molar-refractivity contribution in [3.63, 3.8) is 0 Å². The normalized spacial score (nSPS) is 22.5. The van der Waals surface area contributed by atoms with Crippen molar-refractivity contribution in [3.05, 3.63) is 52.5 Å². The number of esters is 1. The van der Waals surface area contributed by atoms with Crippen LogP contribution in [-0.4, -0.2) is 94.9 Å². The van der Waals surface area contributed by atoms with E-state index in [-0.39, 0.29) is 29.3 Å². The first-order valence-corrected chi connectivity index (χ1v) is 13.7. The molecule has 1 amide bonds. The molecule has 10 nitrogen and oxygen atoms in total. The molecule has 2 aromatic rings. The molecule has 3 aliphatic rings. The van der Waals surface area contributed by atoms with Gasteiger partial charge in [0, 0.05) is 50.0 Å². The summed E-state index contributed by atoms with van der Waals surface area (Å²) in [5.41, 5.74) is -0.986. The van der Waals surface area contributed by atoms with E-state index in [0.29, 0.717) is 24.7 Å². The Kier molecular flexibility index (Phi) is 8.23. The highest BCUT2D eigenvalue weighted by Gasteiger charge is 2.49. The third kappa shape index (κ3) is 6.69. The monoisotopic (exact) mass is 614 g/mol. The summed E-state index contributed by atoms with van der Waals surface area (Å²) in [7, 11) is 0. The maximum atomic E-state index is 13.1. The molecular weight excluding hydrogens is 585 g/mol. The number of benzene rings is 2. The molecule has 5 rings (SSSR count). The predicted molar refractivity (Wildman–Crippen MR) is 141 cm³/mol. The summed E-state index contributed by atoms with van der Waals surface area (Å²) in [6.45, 7) is 1.76. The Morgan fingerprint density at radius 3 is 2.62 bits per heavy atom. The first-order valence-electron chi connectivity index (χ1n) is 13.3. The van der Waals surface area contributed by atoms with Crippen LogP contribution in [0.5, 0.6) is 17.2 Å². The summed E-state index contributed by atoms with van der Waals surface area (Å²) in [4.78, 5) is 31.7. The first-order chi connectivity index (χ1) is 19.7. The van der Waals surface area contributed by atoms with Crippen molar-refractivity contribution in [3.8, 4) is 17.2 Å². The van der Waals surface area contributed by atoms with Crippen molar-refractivity contribution < 1.29 is 52.0 Å². The molecule has 14 heteroatoms. The minimum atomic E-state index is -5.19. The number of carbonyl (C=O) groups excluding carboxylic acids is 2.